The summed E-state index contributed by atoms with van der Waals surface area (Å²) in [7, 11) is 0. The second-order valence-electron chi connectivity index (χ2n) is 4.60. The highest BCUT2D eigenvalue weighted by Crippen LogP contribution is 2.19. The van der Waals surface area contributed by atoms with Crippen molar-refractivity contribution in [2.75, 3.05) is 13.2 Å². The van der Waals surface area contributed by atoms with Crippen molar-refractivity contribution < 1.29 is 24.1 Å². The maximum atomic E-state index is 12.8. The van der Waals surface area contributed by atoms with Crippen molar-refractivity contribution in [1.82, 2.24) is 5.32 Å². The lowest BCUT2D eigenvalue weighted by Crippen LogP contribution is -2.52. The fourth-order valence-electron chi connectivity index (χ4n) is 1.35. The molecule has 1 rings (SSSR count). The normalized spacial score (nSPS) is 11.5. The number of ether oxygens (including phenoxy) is 1. The second kappa shape index (κ2) is 6.49. The molecule has 0 unspecified atom stereocenters. The van der Waals surface area contributed by atoms with E-state index in [2.05, 4.69) is 5.32 Å². The number of hydrogen-bond acceptors (Lipinski definition) is 4. The van der Waals surface area contributed by atoms with Gasteiger partial charge in [-0.15, -0.1) is 0 Å². The van der Waals surface area contributed by atoms with Crippen LogP contribution < -0.4 is 10.1 Å². The molecule has 0 aliphatic carbocycles. The van der Waals surface area contributed by atoms with E-state index >= 15 is 0 Å². The third-order valence-corrected chi connectivity index (χ3v) is 2.51. The molecule has 1 aromatic rings. The smallest absolute Gasteiger partial charge is 0.263 e. The van der Waals surface area contributed by atoms with Gasteiger partial charge in [-0.1, -0.05) is 0 Å². The molecule has 1 aromatic carbocycles. The Morgan fingerprint density at radius 2 is 1.84 bits per heavy atom. The van der Waals surface area contributed by atoms with Gasteiger partial charge in [0.15, 0.2) is 5.60 Å². The lowest BCUT2D eigenvalue weighted by Gasteiger charge is -2.27. The summed E-state index contributed by atoms with van der Waals surface area (Å²) in [5.74, 6) is -0.522. The molecule has 5 nitrogen and oxygen atoms in total. The van der Waals surface area contributed by atoms with Gasteiger partial charge in [-0.2, -0.15) is 0 Å². The predicted octanol–water partition coefficient (Wildman–Crippen LogP) is 0.452. The minimum atomic E-state index is -1.21. The van der Waals surface area contributed by atoms with Gasteiger partial charge in [0.2, 0.25) is 0 Å². The molecule has 0 fully saturated rings. The molecular formula is C13H18FNO4. The predicted molar refractivity (Wildman–Crippen MR) is 67.2 cm³/mol. The first-order chi connectivity index (χ1) is 8.89. The van der Waals surface area contributed by atoms with Gasteiger partial charge < -0.3 is 20.3 Å². The molecular weight excluding hydrogens is 253 g/mol. The first kappa shape index (κ1) is 15.4. The molecule has 1 amide bonds. The number of aliphatic hydroxyl groups is 2. The van der Waals surface area contributed by atoms with Crippen LogP contribution in [0.25, 0.3) is 0 Å². The number of halogens is 1. The molecule has 3 N–H and O–H groups in total. The summed E-state index contributed by atoms with van der Waals surface area (Å²) >= 11 is 0. The Kier molecular flexibility index (Phi) is 5.26. The Morgan fingerprint density at radius 1 is 1.32 bits per heavy atom. The SMILES string of the molecule is CC(C)(Oc1ccc(F)cc1)C(=O)NC(CO)CO. The third-order valence-electron chi connectivity index (χ3n) is 2.51. The summed E-state index contributed by atoms with van der Waals surface area (Å²) in [6.45, 7) is 2.35. The highest BCUT2D eigenvalue weighted by atomic mass is 19.1. The second-order valence-corrected chi connectivity index (χ2v) is 4.60. The van der Waals surface area contributed by atoms with E-state index in [1.807, 2.05) is 0 Å². The average molecular weight is 271 g/mol. The van der Waals surface area contributed by atoms with Crippen LogP contribution in [0.2, 0.25) is 0 Å². The van der Waals surface area contributed by atoms with Crippen LogP contribution in [-0.4, -0.2) is 41.0 Å². The zero-order chi connectivity index (χ0) is 14.5. The molecule has 0 spiro atoms. The summed E-state index contributed by atoms with van der Waals surface area (Å²) in [5, 5.41) is 20.3. The van der Waals surface area contributed by atoms with Crippen molar-refractivity contribution >= 4 is 5.91 Å². The number of nitrogens with one attached hydrogen (secondary N) is 1. The first-order valence-electron chi connectivity index (χ1n) is 5.86. The van der Waals surface area contributed by atoms with Crippen molar-refractivity contribution in [1.29, 1.82) is 0 Å². The van der Waals surface area contributed by atoms with Gasteiger partial charge in [0.05, 0.1) is 19.3 Å². The summed E-state index contributed by atoms with van der Waals surface area (Å²) in [6.07, 6.45) is 0. The van der Waals surface area contributed by atoms with Gasteiger partial charge in [-0.3, -0.25) is 4.79 Å². The molecule has 0 radical (unpaired) electrons. The molecule has 0 atom stereocenters. The van der Waals surface area contributed by atoms with E-state index in [1.54, 1.807) is 0 Å². The Bertz CT molecular complexity index is 415. The van der Waals surface area contributed by atoms with Crippen molar-refractivity contribution in [2.24, 2.45) is 0 Å². The monoisotopic (exact) mass is 271 g/mol. The van der Waals surface area contributed by atoms with Gasteiger partial charge in [-0.05, 0) is 38.1 Å². The average Bonchev–Trinajstić information content (AvgIpc) is 2.38. The van der Waals surface area contributed by atoms with Gasteiger partial charge in [-0.25, -0.2) is 4.39 Å². The molecule has 6 heteroatoms. The molecule has 106 valence electrons. The van der Waals surface area contributed by atoms with Crippen molar-refractivity contribution in [3.8, 4) is 5.75 Å². The van der Waals surface area contributed by atoms with Crippen LogP contribution in [0.1, 0.15) is 13.8 Å². The Morgan fingerprint density at radius 3 is 2.32 bits per heavy atom. The van der Waals surface area contributed by atoms with E-state index in [0.29, 0.717) is 5.75 Å². The third kappa shape index (κ3) is 4.50. The van der Waals surface area contributed by atoms with E-state index in [9.17, 15) is 9.18 Å². The van der Waals surface area contributed by atoms with E-state index in [4.69, 9.17) is 14.9 Å². The summed E-state index contributed by atoms with van der Waals surface area (Å²) in [5.41, 5.74) is -1.21. The fourth-order valence-corrected chi connectivity index (χ4v) is 1.35. The van der Waals surface area contributed by atoms with Crippen LogP contribution in [0.5, 0.6) is 5.75 Å². The number of hydrogen-bond donors (Lipinski definition) is 3. The van der Waals surface area contributed by atoms with E-state index in [0.717, 1.165) is 0 Å². The molecule has 0 saturated heterocycles. The molecule has 19 heavy (non-hydrogen) atoms. The topological polar surface area (TPSA) is 78.8 Å². The Labute approximate surface area is 111 Å². The Balaban J connectivity index is 2.69. The summed E-state index contributed by atoms with van der Waals surface area (Å²) < 4.78 is 18.2. The first-order valence-corrected chi connectivity index (χ1v) is 5.86. The van der Waals surface area contributed by atoms with E-state index in [-0.39, 0.29) is 13.2 Å². The number of rotatable bonds is 6. The van der Waals surface area contributed by atoms with Crippen LogP contribution >= 0.6 is 0 Å². The number of aliphatic hydroxyl groups excluding tert-OH is 2. The minimum Gasteiger partial charge on any atom is -0.478 e. The van der Waals surface area contributed by atoms with Crippen LogP contribution in [0.3, 0.4) is 0 Å². The van der Waals surface area contributed by atoms with Gasteiger partial charge in [0, 0.05) is 0 Å². The molecule has 0 heterocycles. The van der Waals surface area contributed by atoms with Crippen LogP contribution in [0.15, 0.2) is 24.3 Å². The molecule has 0 aromatic heterocycles. The molecule has 0 bridgehead atoms. The Hall–Kier alpha value is -1.66. The highest BCUT2D eigenvalue weighted by molar-refractivity contribution is 5.85. The number of amides is 1. The summed E-state index contributed by atoms with van der Waals surface area (Å²) in [4.78, 5) is 11.9. The van der Waals surface area contributed by atoms with Crippen molar-refractivity contribution in [2.45, 2.75) is 25.5 Å². The largest absolute Gasteiger partial charge is 0.478 e. The van der Waals surface area contributed by atoms with Gasteiger partial charge in [0.25, 0.3) is 5.91 Å². The van der Waals surface area contributed by atoms with E-state index < -0.39 is 23.4 Å². The lowest BCUT2D eigenvalue weighted by atomic mass is 10.1. The molecule has 0 aliphatic rings. The molecule has 0 saturated carbocycles. The van der Waals surface area contributed by atoms with Crippen LogP contribution in [-0.2, 0) is 4.79 Å². The maximum Gasteiger partial charge on any atom is 0.263 e. The van der Waals surface area contributed by atoms with Crippen molar-refractivity contribution in [3.63, 3.8) is 0 Å². The van der Waals surface area contributed by atoms with Crippen LogP contribution in [0, 0.1) is 5.82 Å². The van der Waals surface area contributed by atoms with Crippen LogP contribution in [0.4, 0.5) is 4.39 Å². The minimum absolute atomic E-state index is 0.353. The summed E-state index contributed by atoms with van der Waals surface area (Å²) in [6, 6.07) is 4.56. The standard InChI is InChI=1S/C13H18FNO4/c1-13(2,12(18)15-10(7-16)8-17)19-11-5-3-9(14)4-6-11/h3-6,10,16-17H,7-8H2,1-2H3,(H,15,18). The lowest BCUT2D eigenvalue weighted by molar-refractivity contribution is -0.135. The quantitative estimate of drug-likeness (QED) is 0.702. The zero-order valence-corrected chi connectivity index (χ0v) is 10.9. The van der Waals surface area contributed by atoms with E-state index in [1.165, 1.54) is 38.1 Å². The number of carbonyl (C=O) groups excluding carboxylic acids is 1. The van der Waals surface area contributed by atoms with Gasteiger partial charge in [0.1, 0.15) is 11.6 Å². The zero-order valence-electron chi connectivity index (χ0n) is 10.9. The fraction of sp³-hybridized carbons (Fsp3) is 0.462. The van der Waals surface area contributed by atoms with Crippen molar-refractivity contribution in [3.05, 3.63) is 30.1 Å². The number of carbonyl (C=O) groups is 1. The maximum absolute atomic E-state index is 12.8. The number of benzene rings is 1. The molecule has 0 aliphatic heterocycles. The highest BCUT2D eigenvalue weighted by Gasteiger charge is 2.31. The van der Waals surface area contributed by atoms with Gasteiger partial charge >= 0.3 is 0 Å².